The van der Waals surface area contributed by atoms with Crippen LogP contribution in [-0.4, -0.2) is 43.3 Å². The maximum Gasteiger partial charge on any atom is 0.293 e. The molecule has 4 rings (SSSR count). The van der Waals surface area contributed by atoms with E-state index in [1.54, 1.807) is 24.3 Å². The van der Waals surface area contributed by atoms with E-state index >= 15 is 0 Å². The smallest absolute Gasteiger partial charge is 0.293 e. The lowest BCUT2D eigenvalue weighted by Gasteiger charge is -2.11. The number of aromatic nitrogens is 5. The van der Waals surface area contributed by atoms with Gasteiger partial charge < -0.3 is 16.8 Å². The molecule has 0 saturated carbocycles. The van der Waals surface area contributed by atoms with Gasteiger partial charge in [0.2, 0.25) is 11.6 Å². The van der Waals surface area contributed by atoms with Gasteiger partial charge in [-0.05, 0) is 33.9 Å². The summed E-state index contributed by atoms with van der Waals surface area (Å²) in [6.45, 7) is 0.0149. The number of carbonyl (C=O) groups is 2. The van der Waals surface area contributed by atoms with Crippen LogP contribution in [0.2, 0.25) is 0 Å². The highest BCUT2D eigenvalue weighted by Crippen LogP contribution is 2.19. The second-order valence-corrected chi connectivity index (χ2v) is 7.23. The van der Waals surface area contributed by atoms with E-state index in [-0.39, 0.29) is 35.1 Å². The minimum Gasteiger partial charge on any atom is -0.379 e. The summed E-state index contributed by atoms with van der Waals surface area (Å²) in [5, 5.41) is 24.0. The van der Waals surface area contributed by atoms with Gasteiger partial charge in [-0.15, -0.1) is 16.4 Å². The number of nitrogens with zero attached hydrogens (tertiary/aromatic N) is 6. The molecule has 0 radical (unpaired) electrons. The Morgan fingerprint density at radius 1 is 1.22 bits per heavy atom. The Labute approximate surface area is 184 Å². The highest BCUT2D eigenvalue weighted by molar-refractivity contribution is 7.11. The van der Waals surface area contributed by atoms with E-state index in [1.807, 2.05) is 17.5 Å². The van der Waals surface area contributed by atoms with E-state index in [0.29, 0.717) is 5.69 Å². The number of rotatable bonds is 8. The van der Waals surface area contributed by atoms with Crippen molar-refractivity contribution in [1.82, 2.24) is 30.7 Å². The molecule has 2 amide bonds. The van der Waals surface area contributed by atoms with Crippen molar-refractivity contribution in [3.05, 3.63) is 63.6 Å². The Morgan fingerprint density at radius 3 is 2.78 bits per heavy atom. The lowest BCUT2D eigenvalue weighted by atomic mass is 10.1. The number of carbonyl (C=O) groups excluding carboxylic acids is 2. The highest BCUT2D eigenvalue weighted by atomic mass is 32.1. The second kappa shape index (κ2) is 9.05. The standard InChI is InChI=1S/C18H16N10O3S/c19-15-17(26-31-25-15)28-13(9-21-12-6-2-1-5-11(12)16(20)29)14(23-27-28)18(30)24-22-8-10-4-3-7-32-10/h1-8,21H,9H2,(H2,19,25)(H2,20,29)(H,24,30)/b22-8-. The van der Waals surface area contributed by atoms with E-state index in [1.165, 1.54) is 22.2 Å². The summed E-state index contributed by atoms with van der Waals surface area (Å²) in [4.78, 5) is 25.3. The summed E-state index contributed by atoms with van der Waals surface area (Å²) < 4.78 is 5.84. The van der Waals surface area contributed by atoms with Crippen LogP contribution in [0.1, 0.15) is 31.4 Å². The number of anilines is 2. The predicted molar refractivity (Wildman–Crippen MR) is 115 cm³/mol. The summed E-state index contributed by atoms with van der Waals surface area (Å²) in [7, 11) is 0. The van der Waals surface area contributed by atoms with Gasteiger partial charge in [-0.1, -0.05) is 23.4 Å². The Hall–Kier alpha value is -4.59. The molecule has 32 heavy (non-hydrogen) atoms. The molecule has 0 aliphatic rings. The quantitative estimate of drug-likeness (QED) is 0.221. The van der Waals surface area contributed by atoms with Crippen LogP contribution < -0.4 is 22.2 Å². The summed E-state index contributed by atoms with van der Waals surface area (Å²) in [5.41, 5.74) is 14.6. The SMILES string of the molecule is NC(=O)c1ccccc1NCc1c(C(=O)N/N=C\c2cccs2)nnn1-c1nonc1N. The molecule has 0 aliphatic carbocycles. The first-order chi connectivity index (χ1) is 15.5. The number of para-hydroxylation sites is 1. The molecule has 4 aromatic rings. The minimum absolute atomic E-state index is 0.0149. The van der Waals surface area contributed by atoms with Crippen molar-refractivity contribution in [3.63, 3.8) is 0 Å². The second-order valence-electron chi connectivity index (χ2n) is 6.25. The third-order valence-corrected chi connectivity index (χ3v) is 5.02. The molecule has 0 aliphatic heterocycles. The van der Waals surface area contributed by atoms with Crippen molar-refractivity contribution in [1.29, 1.82) is 0 Å². The number of benzene rings is 1. The number of nitrogen functional groups attached to an aromatic ring is 1. The van der Waals surface area contributed by atoms with E-state index in [2.05, 4.69) is 41.1 Å². The molecule has 0 bridgehead atoms. The van der Waals surface area contributed by atoms with E-state index < -0.39 is 11.8 Å². The van der Waals surface area contributed by atoms with Gasteiger partial charge in [0.1, 0.15) is 0 Å². The Morgan fingerprint density at radius 2 is 2.06 bits per heavy atom. The van der Waals surface area contributed by atoms with Crippen molar-refractivity contribution >= 4 is 40.9 Å². The summed E-state index contributed by atoms with van der Waals surface area (Å²) in [5.74, 6) is -1.21. The zero-order chi connectivity index (χ0) is 22.5. The van der Waals surface area contributed by atoms with E-state index in [4.69, 9.17) is 11.5 Å². The summed E-state index contributed by atoms with van der Waals surface area (Å²) in [6.07, 6.45) is 1.51. The normalized spacial score (nSPS) is 11.0. The Kier molecular flexibility index (Phi) is 5.85. The minimum atomic E-state index is -0.612. The topological polar surface area (TPSA) is 192 Å². The number of thiophene rings is 1. The molecule has 13 nitrogen and oxygen atoms in total. The summed E-state index contributed by atoms with van der Waals surface area (Å²) >= 11 is 1.47. The molecule has 0 saturated heterocycles. The predicted octanol–water partition coefficient (Wildman–Crippen LogP) is 0.769. The number of nitrogens with two attached hydrogens (primary N) is 2. The fourth-order valence-corrected chi connectivity index (χ4v) is 3.33. The number of nitrogens with one attached hydrogen (secondary N) is 2. The van der Waals surface area contributed by atoms with Crippen molar-refractivity contribution in [3.8, 4) is 5.82 Å². The van der Waals surface area contributed by atoms with Gasteiger partial charge in [-0.25, -0.2) is 10.1 Å². The van der Waals surface area contributed by atoms with Gasteiger partial charge in [0.25, 0.3) is 11.8 Å². The van der Waals surface area contributed by atoms with Crippen molar-refractivity contribution < 1.29 is 14.2 Å². The third kappa shape index (κ3) is 4.29. The Bertz CT molecular complexity index is 1280. The molecule has 14 heteroatoms. The zero-order valence-corrected chi connectivity index (χ0v) is 17.1. The first-order valence-corrected chi connectivity index (χ1v) is 9.95. The lowest BCUT2D eigenvalue weighted by molar-refractivity contribution is 0.0947. The lowest BCUT2D eigenvalue weighted by Crippen LogP contribution is -2.22. The van der Waals surface area contributed by atoms with Crippen molar-refractivity contribution in [2.24, 2.45) is 10.8 Å². The van der Waals surface area contributed by atoms with Crippen LogP contribution in [0.4, 0.5) is 11.5 Å². The fourth-order valence-electron chi connectivity index (χ4n) is 2.75. The van der Waals surface area contributed by atoms with Crippen LogP contribution in [0.25, 0.3) is 5.82 Å². The van der Waals surface area contributed by atoms with Crippen LogP contribution in [0, 0.1) is 0 Å². The van der Waals surface area contributed by atoms with Gasteiger partial charge in [0, 0.05) is 10.6 Å². The third-order valence-electron chi connectivity index (χ3n) is 4.21. The number of hydrogen-bond donors (Lipinski definition) is 4. The molecular formula is C18H16N10O3S. The highest BCUT2D eigenvalue weighted by Gasteiger charge is 2.24. The molecule has 162 valence electrons. The van der Waals surface area contributed by atoms with Crippen LogP contribution in [0.3, 0.4) is 0 Å². The van der Waals surface area contributed by atoms with Crippen molar-refractivity contribution in [2.45, 2.75) is 6.54 Å². The van der Waals surface area contributed by atoms with Crippen LogP contribution >= 0.6 is 11.3 Å². The van der Waals surface area contributed by atoms with Gasteiger partial charge in [0.05, 0.1) is 24.0 Å². The maximum absolute atomic E-state index is 12.7. The fraction of sp³-hybridized carbons (Fsp3) is 0.0556. The van der Waals surface area contributed by atoms with Gasteiger partial charge in [0.15, 0.2) is 5.69 Å². The molecule has 0 fully saturated rings. The first-order valence-electron chi connectivity index (χ1n) is 9.07. The molecule has 0 spiro atoms. The number of hydrazone groups is 1. The molecule has 3 aromatic heterocycles. The Balaban J connectivity index is 1.63. The van der Waals surface area contributed by atoms with Gasteiger partial charge in [-0.2, -0.15) is 9.78 Å². The average Bonchev–Trinajstić information content (AvgIpc) is 3.53. The molecular weight excluding hydrogens is 436 g/mol. The molecule has 3 heterocycles. The summed E-state index contributed by atoms with van der Waals surface area (Å²) in [6, 6.07) is 10.4. The molecule has 0 unspecified atom stereocenters. The van der Waals surface area contributed by atoms with Crippen LogP contribution in [-0.2, 0) is 6.54 Å². The van der Waals surface area contributed by atoms with E-state index in [0.717, 1.165) is 4.88 Å². The van der Waals surface area contributed by atoms with Gasteiger partial charge in [-0.3, -0.25) is 9.59 Å². The largest absolute Gasteiger partial charge is 0.379 e. The molecule has 6 N–H and O–H groups in total. The number of amides is 2. The molecule has 0 atom stereocenters. The average molecular weight is 452 g/mol. The van der Waals surface area contributed by atoms with Gasteiger partial charge >= 0.3 is 0 Å². The number of primary amides is 1. The first kappa shape index (κ1) is 20.7. The van der Waals surface area contributed by atoms with Crippen molar-refractivity contribution in [2.75, 3.05) is 11.1 Å². The monoisotopic (exact) mass is 452 g/mol. The molecule has 1 aromatic carbocycles. The maximum atomic E-state index is 12.7. The zero-order valence-electron chi connectivity index (χ0n) is 16.3. The number of hydrogen-bond acceptors (Lipinski definition) is 11. The van der Waals surface area contributed by atoms with Crippen LogP contribution in [0.5, 0.6) is 0 Å². The van der Waals surface area contributed by atoms with E-state index in [9.17, 15) is 9.59 Å². The van der Waals surface area contributed by atoms with Crippen LogP contribution in [0.15, 0.2) is 51.5 Å².